The molecule has 1 unspecified atom stereocenters. The Morgan fingerprint density at radius 1 is 1.10 bits per heavy atom. The van der Waals surface area contributed by atoms with E-state index in [0.29, 0.717) is 6.42 Å². The van der Waals surface area contributed by atoms with Gasteiger partial charge in [-0.25, -0.2) is 4.68 Å². The van der Waals surface area contributed by atoms with Crippen molar-refractivity contribution in [3.63, 3.8) is 0 Å². The van der Waals surface area contributed by atoms with Crippen molar-refractivity contribution in [1.82, 2.24) is 25.1 Å². The lowest BCUT2D eigenvalue weighted by Crippen LogP contribution is -2.40. The maximum absolute atomic E-state index is 13.1. The Labute approximate surface area is 169 Å². The molecule has 1 aromatic heterocycles. The number of nitrogens with one attached hydrogen (secondary N) is 1. The Morgan fingerprint density at radius 2 is 1.86 bits per heavy atom. The first-order chi connectivity index (χ1) is 14.0. The summed E-state index contributed by atoms with van der Waals surface area (Å²) in [4.78, 5) is 27.0. The first-order valence-electron chi connectivity index (χ1n) is 9.33. The van der Waals surface area contributed by atoms with Gasteiger partial charge in [0.2, 0.25) is 11.8 Å². The SMILES string of the molecule is Cc1cccc(NC(=O)CN(C)C(=O)C(Cc2ccccc2)n2cnnn2)c1C. The number of carbonyl (C=O) groups excluding carboxylic acids is 2. The van der Waals surface area contributed by atoms with Crippen molar-refractivity contribution in [2.75, 3.05) is 18.9 Å². The van der Waals surface area contributed by atoms with Gasteiger partial charge in [-0.15, -0.1) is 5.10 Å². The fraction of sp³-hybridized carbons (Fsp3) is 0.286. The van der Waals surface area contributed by atoms with E-state index >= 15 is 0 Å². The highest BCUT2D eigenvalue weighted by molar-refractivity contribution is 5.95. The van der Waals surface area contributed by atoms with Crippen molar-refractivity contribution in [3.8, 4) is 0 Å². The summed E-state index contributed by atoms with van der Waals surface area (Å²) in [7, 11) is 1.60. The van der Waals surface area contributed by atoms with Gasteiger partial charge in [0.15, 0.2) is 0 Å². The van der Waals surface area contributed by atoms with Crippen LogP contribution in [0.1, 0.15) is 22.7 Å². The van der Waals surface area contributed by atoms with Gasteiger partial charge in [-0.1, -0.05) is 42.5 Å². The topological polar surface area (TPSA) is 93.0 Å². The zero-order valence-corrected chi connectivity index (χ0v) is 16.7. The van der Waals surface area contributed by atoms with Crippen molar-refractivity contribution in [2.45, 2.75) is 26.3 Å². The van der Waals surface area contributed by atoms with Crippen LogP contribution in [0, 0.1) is 13.8 Å². The monoisotopic (exact) mass is 392 g/mol. The third-order valence-corrected chi connectivity index (χ3v) is 4.88. The molecule has 1 atom stereocenters. The van der Waals surface area contributed by atoms with E-state index in [9.17, 15) is 9.59 Å². The molecule has 0 saturated carbocycles. The van der Waals surface area contributed by atoms with Gasteiger partial charge in [0.25, 0.3) is 0 Å². The molecule has 3 rings (SSSR count). The standard InChI is InChI=1S/C21H24N6O2/c1-15-8-7-11-18(16(15)2)23-20(28)13-26(3)21(29)19(27-14-22-24-25-27)12-17-9-5-4-6-10-17/h4-11,14,19H,12-13H2,1-3H3,(H,23,28). The van der Waals surface area contributed by atoms with Crippen LogP contribution in [-0.4, -0.2) is 50.5 Å². The van der Waals surface area contributed by atoms with Crippen LogP contribution in [0.2, 0.25) is 0 Å². The van der Waals surface area contributed by atoms with Gasteiger partial charge in [-0.2, -0.15) is 0 Å². The summed E-state index contributed by atoms with van der Waals surface area (Å²) in [6.07, 6.45) is 1.84. The molecule has 150 valence electrons. The minimum Gasteiger partial charge on any atom is -0.335 e. The van der Waals surface area contributed by atoms with Gasteiger partial charge >= 0.3 is 0 Å². The number of rotatable bonds is 7. The number of tetrazole rings is 1. The van der Waals surface area contributed by atoms with Crippen molar-refractivity contribution in [2.24, 2.45) is 0 Å². The lowest BCUT2D eigenvalue weighted by Gasteiger charge is -2.23. The molecule has 1 heterocycles. The maximum atomic E-state index is 13.1. The van der Waals surface area contributed by atoms with E-state index in [4.69, 9.17) is 0 Å². The van der Waals surface area contributed by atoms with Crippen LogP contribution in [-0.2, 0) is 16.0 Å². The molecule has 0 spiro atoms. The summed E-state index contributed by atoms with van der Waals surface area (Å²) < 4.78 is 1.43. The van der Waals surface area contributed by atoms with E-state index in [1.54, 1.807) is 7.05 Å². The summed E-state index contributed by atoms with van der Waals surface area (Å²) >= 11 is 0. The molecule has 0 saturated heterocycles. The first-order valence-corrected chi connectivity index (χ1v) is 9.33. The van der Waals surface area contributed by atoms with E-state index in [1.807, 2.05) is 62.4 Å². The first kappa shape index (κ1) is 20.2. The predicted octanol–water partition coefficient (Wildman–Crippen LogP) is 2.17. The van der Waals surface area contributed by atoms with Gasteiger partial charge in [-0.05, 0) is 47.0 Å². The van der Waals surface area contributed by atoms with Crippen LogP contribution >= 0.6 is 0 Å². The molecule has 0 bridgehead atoms. The number of aryl methyl sites for hydroxylation is 1. The van der Waals surface area contributed by atoms with Gasteiger partial charge in [-0.3, -0.25) is 9.59 Å². The molecular formula is C21H24N6O2. The molecule has 8 heteroatoms. The molecule has 0 fully saturated rings. The highest BCUT2D eigenvalue weighted by Crippen LogP contribution is 2.19. The number of carbonyl (C=O) groups is 2. The summed E-state index contributed by atoms with van der Waals surface area (Å²) in [5.74, 6) is -0.498. The average Bonchev–Trinajstić information content (AvgIpc) is 3.24. The molecule has 0 radical (unpaired) electrons. The molecule has 0 aliphatic heterocycles. The van der Waals surface area contributed by atoms with Gasteiger partial charge in [0, 0.05) is 19.2 Å². The third-order valence-electron chi connectivity index (χ3n) is 4.88. The Balaban J connectivity index is 1.70. The molecule has 0 aliphatic carbocycles. The summed E-state index contributed by atoms with van der Waals surface area (Å²) in [5.41, 5.74) is 3.83. The maximum Gasteiger partial charge on any atom is 0.248 e. The second-order valence-corrected chi connectivity index (χ2v) is 6.99. The fourth-order valence-corrected chi connectivity index (χ4v) is 3.07. The number of benzene rings is 2. The lowest BCUT2D eigenvalue weighted by molar-refractivity contribution is -0.136. The quantitative estimate of drug-likeness (QED) is 0.665. The Bertz CT molecular complexity index is 972. The molecule has 3 aromatic rings. The van der Waals surface area contributed by atoms with Crippen molar-refractivity contribution >= 4 is 17.5 Å². The van der Waals surface area contributed by atoms with Crippen LogP contribution in [0.4, 0.5) is 5.69 Å². The van der Waals surface area contributed by atoms with Crippen LogP contribution in [0.3, 0.4) is 0 Å². The summed E-state index contributed by atoms with van der Waals surface area (Å²) in [5, 5.41) is 14.1. The Morgan fingerprint density at radius 3 is 2.55 bits per heavy atom. The number of hydrogen-bond donors (Lipinski definition) is 1. The zero-order valence-electron chi connectivity index (χ0n) is 16.7. The fourth-order valence-electron chi connectivity index (χ4n) is 3.07. The molecule has 2 amide bonds. The molecule has 29 heavy (non-hydrogen) atoms. The minimum absolute atomic E-state index is 0.0698. The summed E-state index contributed by atoms with van der Waals surface area (Å²) in [6, 6.07) is 14.7. The number of anilines is 1. The smallest absolute Gasteiger partial charge is 0.248 e. The van der Waals surface area contributed by atoms with E-state index in [0.717, 1.165) is 22.4 Å². The molecule has 1 N–H and O–H groups in total. The van der Waals surface area contributed by atoms with E-state index in [2.05, 4.69) is 20.8 Å². The molecule has 8 nitrogen and oxygen atoms in total. The van der Waals surface area contributed by atoms with Crippen LogP contribution in [0.25, 0.3) is 0 Å². The van der Waals surface area contributed by atoms with Gasteiger partial charge in [0.1, 0.15) is 12.4 Å². The van der Waals surface area contributed by atoms with E-state index in [-0.39, 0.29) is 18.4 Å². The normalized spacial score (nSPS) is 11.7. The number of hydrogen-bond acceptors (Lipinski definition) is 5. The van der Waals surface area contributed by atoms with Gasteiger partial charge in [0.05, 0.1) is 6.54 Å². The highest BCUT2D eigenvalue weighted by Gasteiger charge is 2.26. The zero-order chi connectivity index (χ0) is 20.8. The highest BCUT2D eigenvalue weighted by atomic mass is 16.2. The van der Waals surface area contributed by atoms with E-state index < -0.39 is 6.04 Å². The second-order valence-electron chi connectivity index (χ2n) is 6.99. The number of nitrogens with zero attached hydrogens (tertiary/aromatic N) is 5. The van der Waals surface area contributed by atoms with Crippen LogP contribution in [0.5, 0.6) is 0 Å². The third kappa shape index (κ3) is 5.04. The van der Waals surface area contributed by atoms with Crippen molar-refractivity contribution in [1.29, 1.82) is 0 Å². The molecular weight excluding hydrogens is 368 g/mol. The van der Waals surface area contributed by atoms with Crippen molar-refractivity contribution in [3.05, 3.63) is 71.5 Å². The minimum atomic E-state index is -0.633. The molecule has 2 aromatic carbocycles. The lowest BCUT2D eigenvalue weighted by atomic mass is 10.1. The van der Waals surface area contributed by atoms with Crippen LogP contribution in [0.15, 0.2) is 54.9 Å². The largest absolute Gasteiger partial charge is 0.335 e. The molecule has 0 aliphatic rings. The average molecular weight is 392 g/mol. The van der Waals surface area contributed by atoms with Crippen LogP contribution < -0.4 is 5.32 Å². The second kappa shape index (κ2) is 9.09. The number of likely N-dealkylation sites (N-methyl/N-ethyl adjacent to an activating group) is 1. The van der Waals surface area contributed by atoms with Gasteiger partial charge < -0.3 is 10.2 Å². The predicted molar refractivity (Wildman–Crippen MR) is 109 cm³/mol. The number of aromatic nitrogens is 4. The Hall–Kier alpha value is -3.55. The Kier molecular flexibility index (Phi) is 6.33. The van der Waals surface area contributed by atoms with Crippen molar-refractivity contribution < 1.29 is 9.59 Å². The van der Waals surface area contributed by atoms with E-state index in [1.165, 1.54) is 15.9 Å². The number of amides is 2. The summed E-state index contributed by atoms with van der Waals surface area (Å²) in [6.45, 7) is 3.87.